The molecule has 2 aromatic carbocycles. The van der Waals surface area contributed by atoms with Crippen molar-refractivity contribution in [2.45, 2.75) is 118 Å². The fourth-order valence-electron chi connectivity index (χ4n) is 4.98. The summed E-state index contributed by atoms with van der Waals surface area (Å²) in [6.45, 7) is 18.1. The number of alkyl carbamates (subject to hydrolysis) is 1. The van der Waals surface area contributed by atoms with Crippen LogP contribution in [0.2, 0.25) is 0 Å². The second kappa shape index (κ2) is 16.3. The Labute approximate surface area is 258 Å². The predicted molar refractivity (Wildman–Crippen MR) is 172 cm³/mol. The number of hydrogen-bond donors (Lipinski definition) is 3. The van der Waals surface area contributed by atoms with Crippen molar-refractivity contribution in [2.24, 2.45) is 5.92 Å². The molecule has 0 saturated heterocycles. The third kappa shape index (κ3) is 11.2. The molecule has 0 aliphatic heterocycles. The van der Waals surface area contributed by atoms with Crippen LogP contribution in [0, 0.1) is 19.8 Å². The number of carbonyl (C=O) groups excluding carboxylic acids is 3. The lowest BCUT2D eigenvalue weighted by Crippen LogP contribution is -2.56. The Balaban J connectivity index is 2.68. The molecule has 43 heavy (non-hydrogen) atoms. The van der Waals surface area contributed by atoms with Crippen molar-refractivity contribution >= 4 is 17.9 Å². The number of unbranched alkanes of at least 4 members (excludes halogenated alkanes) is 1. The van der Waals surface area contributed by atoms with E-state index in [9.17, 15) is 19.5 Å². The number of phenolic OH excluding ortho intramolecular Hbond substituents is 1. The summed E-state index contributed by atoms with van der Waals surface area (Å²) in [5, 5.41) is 15.7. The molecule has 3 amide bonds. The predicted octanol–water partition coefficient (Wildman–Crippen LogP) is 6.76. The second-order valence-electron chi connectivity index (χ2n) is 13.0. The van der Waals surface area contributed by atoms with Gasteiger partial charge in [0, 0.05) is 19.0 Å². The fourth-order valence-corrected chi connectivity index (χ4v) is 4.98. The third-order valence-electron chi connectivity index (χ3n) is 7.55. The van der Waals surface area contributed by atoms with Crippen molar-refractivity contribution in [3.63, 3.8) is 0 Å². The maximum Gasteiger partial charge on any atom is 0.408 e. The van der Waals surface area contributed by atoms with Gasteiger partial charge >= 0.3 is 6.09 Å². The SMILES string of the molecule is CCCCNC(=O)C(c1cccc(C)c1C)N(C(=O)C(Cc1ccc(O)cc1)NC(=O)OC(C)(C)C)C(C)CCC(C)C. The summed E-state index contributed by atoms with van der Waals surface area (Å²) in [4.78, 5) is 43.6. The molecule has 238 valence electrons. The maximum atomic E-state index is 14.8. The quantitative estimate of drug-likeness (QED) is 0.209. The van der Waals surface area contributed by atoms with E-state index in [0.29, 0.717) is 18.9 Å². The van der Waals surface area contributed by atoms with E-state index in [4.69, 9.17) is 4.74 Å². The number of hydrogen-bond acceptors (Lipinski definition) is 5. The lowest BCUT2D eigenvalue weighted by molar-refractivity contribution is -0.145. The van der Waals surface area contributed by atoms with Gasteiger partial charge in [-0.1, -0.05) is 57.5 Å². The van der Waals surface area contributed by atoms with E-state index >= 15 is 0 Å². The number of benzene rings is 2. The number of nitrogens with one attached hydrogen (secondary N) is 2. The Morgan fingerprint density at radius 2 is 1.63 bits per heavy atom. The van der Waals surface area contributed by atoms with Crippen LogP contribution in [0.3, 0.4) is 0 Å². The van der Waals surface area contributed by atoms with Crippen LogP contribution in [0.25, 0.3) is 0 Å². The van der Waals surface area contributed by atoms with Crippen LogP contribution in [0.4, 0.5) is 4.79 Å². The van der Waals surface area contributed by atoms with Crippen LogP contribution >= 0.6 is 0 Å². The van der Waals surface area contributed by atoms with Crippen molar-refractivity contribution < 1.29 is 24.2 Å². The molecular weight excluding hydrogens is 542 g/mol. The summed E-state index contributed by atoms with van der Waals surface area (Å²) in [6.07, 6.45) is 2.75. The standard InChI is InChI=1S/C35H53N3O5/c1-10-11-21-36-32(40)31(29-14-12-13-24(4)26(29)6)38(25(5)16-15-23(2)3)33(41)30(37-34(42)43-35(7,8)9)22-27-17-19-28(39)20-18-27/h12-14,17-20,23,25,30-31,39H,10-11,15-16,21-22H2,1-9H3,(H,36,40)(H,37,42). The van der Waals surface area contributed by atoms with E-state index in [0.717, 1.165) is 41.5 Å². The average molecular weight is 596 g/mol. The molecular formula is C35H53N3O5. The van der Waals surface area contributed by atoms with E-state index in [-0.39, 0.29) is 30.0 Å². The van der Waals surface area contributed by atoms with Gasteiger partial charge in [-0.05, 0) is 101 Å². The zero-order valence-corrected chi connectivity index (χ0v) is 27.6. The minimum Gasteiger partial charge on any atom is -0.508 e. The number of phenols is 1. The van der Waals surface area contributed by atoms with E-state index in [1.807, 2.05) is 39.0 Å². The molecule has 0 aromatic heterocycles. The monoisotopic (exact) mass is 595 g/mol. The number of amides is 3. The Morgan fingerprint density at radius 1 is 0.977 bits per heavy atom. The van der Waals surface area contributed by atoms with Crippen molar-refractivity contribution in [3.8, 4) is 5.75 Å². The summed E-state index contributed by atoms with van der Waals surface area (Å²) in [5.74, 6) is -0.0988. The highest BCUT2D eigenvalue weighted by molar-refractivity contribution is 5.92. The highest BCUT2D eigenvalue weighted by Crippen LogP contribution is 2.31. The van der Waals surface area contributed by atoms with Gasteiger partial charge in [0.05, 0.1) is 0 Å². The van der Waals surface area contributed by atoms with Gasteiger partial charge in [0.25, 0.3) is 0 Å². The minimum atomic E-state index is -1.02. The van der Waals surface area contributed by atoms with Gasteiger partial charge < -0.3 is 25.4 Å². The first-order valence-electron chi connectivity index (χ1n) is 15.6. The van der Waals surface area contributed by atoms with E-state index in [1.165, 1.54) is 0 Å². The molecule has 2 rings (SSSR count). The smallest absolute Gasteiger partial charge is 0.408 e. The lowest BCUT2D eigenvalue weighted by atomic mass is 9.92. The third-order valence-corrected chi connectivity index (χ3v) is 7.55. The Bertz CT molecular complexity index is 1200. The molecule has 0 aliphatic rings. The molecule has 3 unspecified atom stereocenters. The Hall–Kier alpha value is -3.55. The molecule has 0 saturated carbocycles. The molecule has 0 spiro atoms. The van der Waals surface area contributed by atoms with Gasteiger partial charge in [-0.2, -0.15) is 0 Å². The number of aryl methyl sites for hydroxylation is 1. The summed E-state index contributed by atoms with van der Waals surface area (Å²) in [6, 6.07) is 10.1. The molecule has 3 N–H and O–H groups in total. The zero-order chi connectivity index (χ0) is 32.3. The fraction of sp³-hybridized carbons (Fsp3) is 0.571. The number of aromatic hydroxyl groups is 1. The molecule has 0 radical (unpaired) electrons. The van der Waals surface area contributed by atoms with Gasteiger partial charge in [0.1, 0.15) is 23.4 Å². The van der Waals surface area contributed by atoms with Crippen LogP contribution in [0.15, 0.2) is 42.5 Å². The molecule has 0 fully saturated rings. The van der Waals surface area contributed by atoms with Crippen LogP contribution < -0.4 is 10.6 Å². The number of carbonyl (C=O) groups is 3. The van der Waals surface area contributed by atoms with E-state index < -0.39 is 23.8 Å². The zero-order valence-electron chi connectivity index (χ0n) is 27.6. The van der Waals surface area contributed by atoms with Crippen LogP contribution in [-0.4, -0.2) is 52.1 Å². The molecule has 0 bridgehead atoms. The first kappa shape index (κ1) is 35.6. The molecule has 8 heteroatoms. The van der Waals surface area contributed by atoms with Crippen molar-refractivity contribution in [1.82, 2.24) is 15.5 Å². The lowest BCUT2D eigenvalue weighted by Gasteiger charge is -2.39. The van der Waals surface area contributed by atoms with E-state index in [2.05, 4.69) is 31.4 Å². The normalized spacial score (nSPS) is 13.6. The second-order valence-corrected chi connectivity index (χ2v) is 13.0. The van der Waals surface area contributed by atoms with Crippen LogP contribution in [-0.2, 0) is 20.7 Å². The molecule has 8 nitrogen and oxygen atoms in total. The largest absolute Gasteiger partial charge is 0.508 e. The minimum absolute atomic E-state index is 0.106. The number of ether oxygens (including phenoxy) is 1. The van der Waals surface area contributed by atoms with Crippen LogP contribution in [0.1, 0.15) is 102 Å². The highest BCUT2D eigenvalue weighted by atomic mass is 16.6. The number of nitrogens with zero attached hydrogens (tertiary/aromatic N) is 1. The highest BCUT2D eigenvalue weighted by Gasteiger charge is 2.39. The Morgan fingerprint density at radius 3 is 2.21 bits per heavy atom. The molecule has 3 atom stereocenters. The molecule has 2 aromatic rings. The summed E-state index contributed by atoms with van der Waals surface area (Å²) >= 11 is 0. The molecule has 0 aliphatic carbocycles. The van der Waals surface area contributed by atoms with Crippen molar-refractivity contribution in [3.05, 3.63) is 64.7 Å². The number of rotatable bonds is 14. The van der Waals surface area contributed by atoms with Crippen LogP contribution in [0.5, 0.6) is 5.75 Å². The van der Waals surface area contributed by atoms with Gasteiger partial charge in [-0.25, -0.2) is 4.79 Å². The summed E-state index contributed by atoms with van der Waals surface area (Å²) in [5.41, 5.74) is 2.72. The summed E-state index contributed by atoms with van der Waals surface area (Å²) in [7, 11) is 0. The topological polar surface area (TPSA) is 108 Å². The first-order chi connectivity index (χ1) is 20.1. The van der Waals surface area contributed by atoms with Gasteiger partial charge in [0.15, 0.2) is 0 Å². The van der Waals surface area contributed by atoms with E-state index in [1.54, 1.807) is 49.9 Å². The maximum absolute atomic E-state index is 14.8. The van der Waals surface area contributed by atoms with Crippen molar-refractivity contribution in [2.75, 3.05) is 6.54 Å². The van der Waals surface area contributed by atoms with Crippen molar-refractivity contribution in [1.29, 1.82) is 0 Å². The summed E-state index contributed by atoms with van der Waals surface area (Å²) < 4.78 is 5.55. The Kier molecular flexibility index (Phi) is 13.5. The van der Waals surface area contributed by atoms with Gasteiger partial charge in [-0.15, -0.1) is 0 Å². The average Bonchev–Trinajstić information content (AvgIpc) is 2.91. The van der Waals surface area contributed by atoms with Gasteiger partial charge in [-0.3, -0.25) is 9.59 Å². The first-order valence-corrected chi connectivity index (χ1v) is 15.6. The van der Waals surface area contributed by atoms with Gasteiger partial charge in [0.2, 0.25) is 11.8 Å². The molecule has 0 heterocycles.